The molecule has 0 aromatic carbocycles. The highest BCUT2D eigenvalue weighted by Crippen LogP contribution is 2.13. The summed E-state index contributed by atoms with van der Waals surface area (Å²) in [6.07, 6.45) is 3.94. The molecule has 2 aliphatic heterocycles. The number of rotatable bonds is 5. The van der Waals surface area contributed by atoms with E-state index >= 15 is 0 Å². The van der Waals surface area contributed by atoms with Crippen LogP contribution < -0.4 is 10.0 Å². The average molecular weight is 275 g/mol. The standard InChI is InChI=1S/C12H25N3O2S/c1-11(10-15-8-2-3-9-15)14-18(16,17)12-4-6-13-7-5-12/h11-14H,2-10H2,1H3. The summed E-state index contributed by atoms with van der Waals surface area (Å²) in [7, 11) is -3.14. The number of piperidine rings is 1. The van der Waals surface area contributed by atoms with E-state index in [9.17, 15) is 8.42 Å². The Morgan fingerprint density at radius 1 is 1.28 bits per heavy atom. The zero-order chi connectivity index (χ0) is 13.0. The molecule has 6 heteroatoms. The smallest absolute Gasteiger partial charge is 0.214 e. The van der Waals surface area contributed by atoms with Crippen molar-refractivity contribution in [2.75, 3.05) is 32.7 Å². The topological polar surface area (TPSA) is 61.4 Å². The SMILES string of the molecule is CC(CN1CCCC1)NS(=O)(=O)C1CCNCC1. The molecule has 0 amide bonds. The van der Waals surface area contributed by atoms with Crippen molar-refractivity contribution < 1.29 is 8.42 Å². The molecule has 106 valence electrons. The first-order valence-corrected chi connectivity index (χ1v) is 8.57. The molecule has 0 bridgehead atoms. The lowest BCUT2D eigenvalue weighted by molar-refractivity contribution is 0.312. The van der Waals surface area contributed by atoms with Gasteiger partial charge in [-0.3, -0.25) is 0 Å². The monoisotopic (exact) mass is 275 g/mol. The largest absolute Gasteiger partial charge is 0.317 e. The molecule has 0 saturated carbocycles. The normalized spacial score (nSPS) is 25.4. The molecule has 2 saturated heterocycles. The fourth-order valence-electron chi connectivity index (χ4n) is 2.87. The Morgan fingerprint density at radius 2 is 1.89 bits per heavy atom. The molecule has 0 aliphatic carbocycles. The van der Waals surface area contributed by atoms with Gasteiger partial charge in [-0.15, -0.1) is 0 Å². The van der Waals surface area contributed by atoms with Crippen LogP contribution in [0.5, 0.6) is 0 Å². The highest BCUT2D eigenvalue weighted by atomic mass is 32.2. The summed E-state index contributed by atoms with van der Waals surface area (Å²) in [5, 5.41) is 2.99. The third-order valence-corrected chi connectivity index (χ3v) is 5.90. The highest BCUT2D eigenvalue weighted by Gasteiger charge is 2.28. The average Bonchev–Trinajstić information content (AvgIpc) is 2.82. The quantitative estimate of drug-likeness (QED) is 0.749. The lowest BCUT2D eigenvalue weighted by Gasteiger charge is -2.26. The summed E-state index contributed by atoms with van der Waals surface area (Å²) in [4.78, 5) is 2.34. The zero-order valence-corrected chi connectivity index (χ0v) is 12.0. The Hall–Kier alpha value is -0.170. The third-order valence-electron chi connectivity index (χ3n) is 3.82. The number of nitrogens with zero attached hydrogens (tertiary/aromatic N) is 1. The van der Waals surface area contributed by atoms with E-state index in [-0.39, 0.29) is 11.3 Å². The second-order valence-corrected chi connectivity index (χ2v) is 7.51. The van der Waals surface area contributed by atoms with Crippen molar-refractivity contribution in [3.8, 4) is 0 Å². The Bertz CT molecular complexity index is 346. The van der Waals surface area contributed by atoms with Crippen molar-refractivity contribution in [2.24, 2.45) is 0 Å². The van der Waals surface area contributed by atoms with E-state index in [1.54, 1.807) is 0 Å². The molecular formula is C12H25N3O2S. The van der Waals surface area contributed by atoms with E-state index in [0.717, 1.165) is 45.6 Å². The molecular weight excluding hydrogens is 250 g/mol. The van der Waals surface area contributed by atoms with Crippen LogP contribution in [0, 0.1) is 0 Å². The van der Waals surface area contributed by atoms with E-state index in [4.69, 9.17) is 0 Å². The lowest BCUT2D eigenvalue weighted by atomic mass is 10.2. The minimum absolute atomic E-state index is 0.0167. The van der Waals surface area contributed by atoms with E-state index in [0.29, 0.717) is 0 Å². The molecule has 18 heavy (non-hydrogen) atoms. The van der Waals surface area contributed by atoms with Crippen LogP contribution in [-0.4, -0.2) is 57.3 Å². The van der Waals surface area contributed by atoms with Gasteiger partial charge >= 0.3 is 0 Å². The Balaban J connectivity index is 1.82. The summed E-state index contributed by atoms with van der Waals surface area (Å²) < 4.78 is 27.3. The maximum Gasteiger partial charge on any atom is 0.214 e. The second kappa shape index (κ2) is 6.32. The number of likely N-dealkylation sites (tertiary alicyclic amines) is 1. The van der Waals surface area contributed by atoms with E-state index in [1.807, 2.05) is 6.92 Å². The van der Waals surface area contributed by atoms with Crippen LogP contribution in [0.3, 0.4) is 0 Å². The van der Waals surface area contributed by atoms with Gasteiger partial charge in [-0.25, -0.2) is 13.1 Å². The van der Waals surface area contributed by atoms with Crippen LogP contribution in [0.15, 0.2) is 0 Å². The van der Waals surface area contributed by atoms with Crippen LogP contribution in [0.25, 0.3) is 0 Å². The van der Waals surface area contributed by atoms with Gasteiger partial charge in [-0.2, -0.15) is 0 Å². The van der Waals surface area contributed by atoms with Gasteiger partial charge in [0.05, 0.1) is 5.25 Å². The number of hydrogen-bond acceptors (Lipinski definition) is 4. The molecule has 1 atom stereocenters. The van der Waals surface area contributed by atoms with Gasteiger partial charge in [-0.05, 0) is 58.8 Å². The van der Waals surface area contributed by atoms with Crippen LogP contribution in [0.1, 0.15) is 32.6 Å². The van der Waals surface area contributed by atoms with E-state index < -0.39 is 10.0 Å². The zero-order valence-electron chi connectivity index (χ0n) is 11.2. The van der Waals surface area contributed by atoms with Gasteiger partial charge in [0.2, 0.25) is 10.0 Å². The Morgan fingerprint density at radius 3 is 2.50 bits per heavy atom. The summed E-state index contributed by atoms with van der Waals surface area (Å²) in [5.74, 6) is 0. The van der Waals surface area contributed by atoms with Gasteiger partial charge in [-0.1, -0.05) is 0 Å². The minimum Gasteiger partial charge on any atom is -0.317 e. The van der Waals surface area contributed by atoms with Gasteiger partial charge in [0, 0.05) is 12.6 Å². The van der Waals surface area contributed by atoms with Gasteiger partial charge in [0.25, 0.3) is 0 Å². The predicted molar refractivity (Wildman–Crippen MR) is 73.1 cm³/mol. The second-order valence-electron chi connectivity index (χ2n) is 5.52. The number of sulfonamides is 1. The van der Waals surface area contributed by atoms with Gasteiger partial charge < -0.3 is 10.2 Å². The van der Waals surface area contributed by atoms with Crippen molar-refractivity contribution in [2.45, 2.75) is 43.9 Å². The third kappa shape index (κ3) is 3.91. The molecule has 1 unspecified atom stereocenters. The van der Waals surface area contributed by atoms with Gasteiger partial charge in [0.15, 0.2) is 0 Å². The molecule has 5 nitrogen and oxygen atoms in total. The lowest BCUT2D eigenvalue weighted by Crippen LogP contribution is -2.47. The Kier molecular flexibility index (Phi) is 5.00. The molecule has 2 rings (SSSR count). The van der Waals surface area contributed by atoms with Gasteiger partial charge in [0.1, 0.15) is 0 Å². The number of hydrogen-bond donors (Lipinski definition) is 2. The van der Waals surface area contributed by atoms with Crippen molar-refractivity contribution in [3.05, 3.63) is 0 Å². The molecule has 2 heterocycles. The predicted octanol–water partition coefficient (Wildman–Crippen LogP) is 0.142. The first-order chi connectivity index (χ1) is 8.58. The summed E-state index contributed by atoms with van der Waals surface area (Å²) in [5.41, 5.74) is 0. The minimum atomic E-state index is -3.14. The number of nitrogens with one attached hydrogen (secondary N) is 2. The molecule has 0 aromatic heterocycles. The van der Waals surface area contributed by atoms with Crippen LogP contribution >= 0.6 is 0 Å². The van der Waals surface area contributed by atoms with Crippen molar-refractivity contribution in [3.63, 3.8) is 0 Å². The summed E-state index contributed by atoms with van der Waals surface area (Å²) in [6.45, 7) is 6.65. The Labute approximate surface area is 110 Å². The molecule has 0 radical (unpaired) electrons. The van der Waals surface area contributed by atoms with Crippen LogP contribution in [0.4, 0.5) is 0 Å². The van der Waals surface area contributed by atoms with Crippen LogP contribution in [0.2, 0.25) is 0 Å². The molecule has 2 N–H and O–H groups in total. The fraction of sp³-hybridized carbons (Fsp3) is 1.00. The van der Waals surface area contributed by atoms with Crippen LogP contribution in [-0.2, 0) is 10.0 Å². The molecule has 0 spiro atoms. The summed E-state index contributed by atoms with van der Waals surface area (Å²) in [6, 6.07) is 0.0167. The first kappa shape index (κ1) is 14.2. The molecule has 2 aliphatic rings. The van der Waals surface area contributed by atoms with Crippen molar-refractivity contribution in [1.82, 2.24) is 14.9 Å². The maximum absolute atomic E-state index is 12.2. The maximum atomic E-state index is 12.2. The fourth-order valence-corrected chi connectivity index (χ4v) is 4.56. The van der Waals surface area contributed by atoms with Crippen molar-refractivity contribution in [1.29, 1.82) is 0 Å². The summed E-state index contributed by atoms with van der Waals surface area (Å²) >= 11 is 0. The van der Waals surface area contributed by atoms with E-state index in [1.165, 1.54) is 12.8 Å². The first-order valence-electron chi connectivity index (χ1n) is 7.02. The molecule has 2 fully saturated rings. The van der Waals surface area contributed by atoms with E-state index in [2.05, 4.69) is 14.9 Å². The van der Waals surface area contributed by atoms with Crippen molar-refractivity contribution >= 4 is 10.0 Å². The molecule has 0 aromatic rings. The highest BCUT2D eigenvalue weighted by molar-refractivity contribution is 7.90.